The Morgan fingerprint density at radius 1 is 1.83 bits per heavy atom. The summed E-state index contributed by atoms with van der Waals surface area (Å²) in [5.41, 5.74) is 6.84. The molecule has 0 aromatic carbocycles. The van der Waals surface area contributed by atoms with Crippen molar-refractivity contribution in [1.82, 2.24) is 15.6 Å². The third kappa shape index (κ3) is 2.54. The molecule has 1 aromatic rings. The molecule has 0 unspecified atom stereocenters. The number of hydroxylamine groups is 1. The van der Waals surface area contributed by atoms with Gasteiger partial charge in [0.25, 0.3) is 0 Å². The number of nitrogens with one attached hydrogen (secondary N) is 1. The average molecular weight is 171 g/mol. The van der Waals surface area contributed by atoms with Crippen LogP contribution in [0.1, 0.15) is 5.89 Å². The lowest BCUT2D eigenvalue weighted by Gasteiger charge is -1.94. The summed E-state index contributed by atoms with van der Waals surface area (Å²) in [4.78, 5) is 7.49. The van der Waals surface area contributed by atoms with Gasteiger partial charge in [-0.3, -0.25) is 10.2 Å². The van der Waals surface area contributed by atoms with Gasteiger partial charge in [0, 0.05) is 6.42 Å². The van der Waals surface area contributed by atoms with E-state index in [1.165, 1.54) is 6.33 Å². The fraction of sp³-hybridized carbons (Fsp3) is 0.400. The molecule has 12 heavy (non-hydrogen) atoms. The average Bonchev–Trinajstić information content (AvgIpc) is 2.57. The number of nitrogens with two attached hydrogens (primary N) is 1. The van der Waals surface area contributed by atoms with Crippen LogP contribution in [-0.2, 0) is 6.42 Å². The van der Waals surface area contributed by atoms with E-state index in [2.05, 4.69) is 15.1 Å². The van der Waals surface area contributed by atoms with E-state index >= 15 is 0 Å². The molecule has 0 bridgehead atoms. The Kier molecular flexibility index (Phi) is 3.03. The van der Waals surface area contributed by atoms with Gasteiger partial charge >= 0.3 is 0 Å². The van der Waals surface area contributed by atoms with Crippen LogP contribution in [0.3, 0.4) is 0 Å². The van der Waals surface area contributed by atoms with E-state index in [1.54, 1.807) is 5.48 Å². The molecule has 0 radical (unpaired) electrons. The third-order valence-corrected chi connectivity index (χ3v) is 1.13. The first kappa shape index (κ1) is 8.47. The number of nitrogens with zero attached hydrogens (tertiary/aromatic N) is 3. The second-order valence-electron chi connectivity index (χ2n) is 1.96. The van der Waals surface area contributed by atoms with Crippen molar-refractivity contribution in [2.45, 2.75) is 6.42 Å². The van der Waals surface area contributed by atoms with E-state index in [0.717, 1.165) is 0 Å². The largest absolute Gasteiger partial charge is 0.368 e. The van der Waals surface area contributed by atoms with Gasteiger partial charge in [0.05, 0.1) is 6.54 Å². The van der Waals surface area contributed by atoms with Gasteiger partial charge in [-0.2, -0.15) is 4.98 Å². The van der Waals surface area contributed by atoms with E-state index in [1.807, 2.05) is 0 Å². The zero-order valence-electron chi connectivity index (χ0n) is 6.27. The van der Waals surface area contributed by atoms with Gasteiger partial charge in [-0.1, -0.05) is 5.16 Å². The predicted molar refractivity (Wildman–Crippen MR) is 39.4 cm³/mol. The van der Waals surface area contributed by atoms with E-state index in [-0.39, 0.29) is 5.96 Å². The van der Waals surface area contributed by atoms with Crippen LogP contribution in [0.2, 0.25) is 0 Å². The quantitative estimate of drug-likeness (QED) is 0.302. The van der Waals surface area contributed by atoms with Gasteiger partial charge in [0.1, 0.15) is 0 Å². The summed E-state index contributed by atoms with van der Waals surface area (Å²) < 4.78 is 4.69. The van der Waals surface area contributed by atoms with Gasteiger partial charge in [-0.25, -0.2) is 5.48 Å². The first-order chi connectivity index (χ1) is 5.83. The normalized spacial score (nSPS) is 11.6. The van der Waals surface area contributed by atoms with E-state index < -0.39 is 0 Å². The first-order valence-corrected chi connectivity index (χ1v) is 3.28. The molecular weight excluding hydrogens is 162 g/mol. The van der Waals surface area contributed by atoms with Crippen LogP contribution in [0.15, 0.2) is 15.8 Å². The summed E-state index contributed by atoms with van der Waals surface area (Å²) in [5.74, 6) is 0.457. The lowest BCUT2D eigenvalue weighted by atomic mass is 10.4. The molecule has 0 fully saturated rings. The van der Waals surface area contributed by atoms with Crippen molar-refractivity contribution in [2.24, 2.45) is 10.7 Å². The molecule has 4 N–H and O–H groups in total. The molecule has 0 aliphatic heterocycles. The second kappa shape index (κ2) is 4.29. The molecule has 0 aliphatic rings. The van der Waals surface area contributed by atoms with Crippen LogP contribution in [0.25, 0.3) is 0 Å². The smallest absolute Gasteiger partial charge is 0.228 e. The number of guanidine groups is 1. The highest BCUT2D eigenvalue weighted by molar-refractivity contribution is 5.76. The van der Waals surface area contributed by atoms with Crippen molar-refractivity contribution in [1.29, 1.82) is 0 Å². The van der Waals surface area contributed by atoms with Crippen molar-refractivity contribution in [3.05, 3.63) is 12.2 Å². The Labute approximate surface area is 68.2 Å². The maximum atomic E-state index is 8.23. The Morgan fingerprint density at radius 2 is 2.67 bits per heavy atom. The highest BCUT2D eigenvalue weighted by atomic mass is 16.5. The highest BCUT2D eigenvalue weighted by Gasteiger charge is 1.96. The Bertz CT molecular complexity index is 244. The van der Waals surface area contributed by atoms with Crippen LogP contribution in [0.5, 0.6) is 0 Å². The summed E-state index contributed by atoms with van der Waals surface area (Å²) in [6.45, 7) is 0.390. The van der Waals surface area contributed by atoms with Crippen molar-refractivity contribution in [3.63, 3.8) is 0 Å². The van der Waals surface area contributed by atoms with E-state index in [9.17, 15) is 0 Å². The molecule has 1 heterocycles. The van der Waals surface area contributed by atoms with E-state index in [4.69, 9.17) is 15.5 Å². The molecule has 0 atom stereocenters. The molecule has 66 valence electrons. The zero-order valence-corrected chi connectivity index (χ0v) is 6.27. The van der Waals surface area contributed by atoms with Crippen molar-refractivity contribution in [2.75, 3.05) is 6.54 Å². The van der Waals surface area contributed by atoms with Crippen LogP contribution in [0, 0.1) is 0 Å². The van der Waals surface area contributed by atoms with Gasteiger partial charge in [0.15, 0.2) is 6.33 Å². The van der Waals surface area contributed by atoms with Crippen molar-refractivity contribution < 1.29 is 9.73 Å². The number of rotatable bonds is 3. The molecule has 1 aromatic heterocycles. The topological polar surface area (TPSA) is 110 Å². The predicted octanol–water partition coefficient (Wildman–Crippen LogP) is -1.09. The summed E-state index contributed by atoms with van der Waals surface area (Å²) in [5, 5.41) is 11.6. The fourth-order valence-electron chi connectivity index (χ4n) is 0.613. The van der Waals surface area contributed by atoms with Gasteiger partial charge < -0.3 is 10.3 Å². The van der Waals surface area contributed by atoms with Crippen molar-refractivity contribution >= 4 is 5.96 Å². The fourth-order valence-corrected chi connectivity index (χ4v) is 0.613. The maximum Gasteiger partial charge on any atom is 0.228 e. The van der Waals surface area contributed by atoms with Gasteiger partial charge in [0.2, 0.25) is 11.9 Å². The molecule has 1 rings (SSSR count). The Morgan fingerprint density at radius 3 is 3.25 bits per heavy atom. The van der Waals surface area contributed by atoms with Gasteiger partial charge in [-0.05, 0) is 0 Å². The lowest BCUT2D eigenvalue weighted by molar-refractivity contribution is 0.232. The standard InChI is InChI=1S/C5H9N5O2/c6-5(10-11)7-2-1-4-8-3-9-12-4/h3,11H,1-2H2,(H3,6,7,10). The van der Waals surface area contributed by atoms with Crippen LogP contribution < -0.4 is 11.2 Å². The Hall–Kier alpha value is -1.63. The molecule has 0 aliphatic carbocycles. The monoisotopic (exact) mass is 171 g/mol. The van der Waals surface area contributed by atoms with Gasteiger partial charge in [-0.15, -0.1) is 0 Å². The van der Waals surface area contributed by atoms with E-state index in [0.29, 0.717) is 18.9 Å². The van der Waals surface area contributed by atoms with Crippen molar-refractivity contribution in [3.8, 4) is 0 Å². The lowest BCUT2D eigenvalue weighted by Crippen LogP contribution is -2.28. The maximum absolute atomic E-state index is 8.23. The number of hydrogen-bond acceptors (Lipinski definition) is 5. The molecule has 0 spiro atoms. The van der Waals surface area contributed by atoms with Crippen LogP contribution >= 0.6 is 0 Å². The molecule has 7 heteroatoms. The van der Waals surface area contributed by atoms with Crippen LogP contribution in [0.4, 0.5) is 0 Å². The molecule has 0 saturated carbocycles. The summed E-state index contributed by atoms with van der Waals surface area (Å²) in [6.07, 6.45) is 1.81. The van der Waals surface area contributed by atoms with Crippen LogP contribution in [-0.4, -0.2) is 27.9 Å². The molecule has 7 nitrogen and oxygen atoms in total. The minimum Gasteiger partial charge on any atom is -0.368 e. The SMILES string of the molecule is NC(=NCCc1ncno1)NO. The molecule has 0 amide bonds. The third-order valence-electron chi connectivity index (χ3n) is 1.13. The first-order valence-electron chi connectivity index (χ1n) is 3.28. The minimum absolute atomic E-state index is 0.0329. The molecule has 0 saturated heterocycles. The number of hydrogen-bond donors (Lipinski definition) is 3. The zero-order chi connectivity index (χ0) is 8.81. The minimum atomic E-state index is -0.0329. The molecular formula is C5H9N5O2. The summed E-state index contributed by atoms with van der Waals surface area (Å²) in [7, 11) is 0. The number of aliphatic imine (C=N–C) groups is 1. The summed E-state index contributed by atoms with van der Waals surface area (Å²) in [6, 6.07) is 0. The highest BCUT2D eigenvalue weighted by Crippen LogP contribution is 1.91. The summed E-state index contributed by atoms with van der Waals surface area (Å²) >= 11 is 0. The number of aromatic nitrogens is 2. The Balaban J connectivity index is 2.28. The second-order valence-corrected chi connectivity index (χ2v) is 1.96.